The number of benzene rings is 2. The molecule has 0 radical (unpaired) electrons. The van der Waals surface area contributed by atoms with Crippen LogP contribution in [0.15, 0.2) is 60.7 Å². The molecule has 4 aromatic rings. The summed E-state index contributed by atoms with van der Waals surface area (Å²) in [6, 6.07) is 18.9. The number of hydrogen-bond acceptors (Lipinski definition) is 2. The Bertz CT molecular complexity index is 1010. The van der Waals surface area contributed by atoms with Gasteiger partial charge in [-0.1, -0.05) is 79.7 Å². The molecule has 0 aliphatic rings. The second kappa shape index (κ2) is 16.8. The summed E-state index contributed by atoms with van der Waals surface area (Å²) in [7, 11) is 0. The maximum Gasteiger partial charge on any atom is 2.00 e. The van der Waals surface area contributed by atoms with Crippen LogP contribution >= 0.6 is 45.2 Å². The van der Waals surface area contributed by atoms with E-state index in [1.807, 2.05) is 24.3 Å². The molecule has 0 bridgehead atoms. The van der Waals surface area contributed by atoms with Crippen molar-refractivity contribution in [2.24, 2.45) is 0 Å². The number of phenols is 2. The van der Waals surface area contributed by atoms with Gasteiger partial charge in [0.25, 0.3) is 0 Å². The van der Waals surface area contributed by atoms with E-state index in [0.717, 1.165) is 7.14 Å². The fourth-order valence-electron chi connectivity index (χ4n) is 3.17. The Morgan fingerprint density at radius 2 is 0.857 bits per heavy atom. The van der Waals surface area contributed by atoms with Crippen LogP contribution in [0.3, 0.4) is 0 Å². The van der Waals surface area contributed by atoms with Crippen LogP contribution in [0.1, 0.15) is 44.5 Å². The summed E-state index contributed by atoms with van der Waals surface area (Å²) in [5.74, 6) is 0.709. The van der Waals surface area contributed by atoms with Crippen LogP contribution in [0.2, 0.25) is 0 Å². The molecule has 4 rings (SSSR count). The molecule has 186 valence electrons. The topological polar surface area (TPSA) is 40.5 Å². The molecule has 0 spiro atoms. The first-order valence-electron chi connectivity index (χ1n) is 11.1. The van der Waals surface area contributed by atoms with Crippen molar-refractivity contribution in [3.63, 3.8) is 0 Å². The molecule has 0 saturated carbocycles. The normalized spacial score (nSPS) is 9.43. The van der Waals surface area contributed by atoms with Crippen molar-refractivity contribution in [2.75, 3.05) is 0 Å². The zero-order chi connectivity index (χ0) is 26.0. The second-order valence-electron chi connectivity index (χ2n) is 8.42. The Kier molecular flexibility index (Phi) is 16.3. The van der Waals surface area contributed by atoms with E-state index < -0.39 is 0 Å². The Hall–Kier alpha value is -0.917. The van der Waals surface area contributed by atoms with Crippen LogP contribution in [-0.4, -0.2) is 10.2 Å². The Balaban J connectivity index is 0.000000437. The first-order valence-corrected chi connectivity index (χ1v) is 13.3. The summed E-state index contributed by atoms with van der Waals surface area (Å²) < 4.78 is 1.79. The van der Waals surface area contributed by atoms with Crippen molar-refractivity contribution in [1.29, 1.82) is 0 Å². The van der Waals surface area contributed by atoms with E-state index in [2.05, 4.69) is 113 Å². The zero-order valence-electron chi connectivity index (χ0n) is 21.9. The summed E-state index contributed by atoms with van der Waals surface area (Å²) in [6.07, 6.45) is 0. The van der Waals surface area contributed by atoms with Gasteiger partial charge in [-0.05, 0) is 69.4 Å². The molecule has 0 aromatic heterocycles. The molecule has 2 N–H and O–H groups in total. The van der Waals surface area contributed by atoms with E-state index in [9.17, 15) is 0 Å². The zero-order valence-corrected chi connectivity index (χ0v) is 28.7. The molecule has 0 amide bonds. The number of hydrogen-bond donors (Lipinski definition) is 2. The van der Waals surface area contributed by atoms with Crippen LogP contribution in [0.4, 0.5) is 0 Å². The molecule has 0 fully saturated rings. The van der Waals surface area contributed by atoms with E-state index >= 15 is 0 Å². The van der Waals surface area contributed by atoms with Crippen LogP contribution < -0.4 is 0 Å². The molecule has 4 aromatic carbocycles. The van der Waals surface area contributed by atoms with Gasteiger partial charge in [0.05, 0.1) is 7.14 Å². The third kappa shape index (κ3) is 11.3. The maximum absolute atomic E-state index is 8.91. The van der Waals surface area contributed by atoms with Gasteiger partial charge in [0.15, 0.2) is 0 Å². The van der Waals surface area contributed by atoms with Gasteiger partial charge < -0.3 is 10.2 Å². The average molecular weight is 774 g/mol. The monoisotopic (exact) mass is 772 g/mol. The minimum Gasteiger partial charge on any atom is -0.507 e. The Morgan fingerprint density at radius 3 is 0.971 bits per heavy atom. The third-order valence-corrected chi connectivity index (χ3v) is 7.89. The van der Waals surface area contributed by atoms with Gasteiger partial charge in [0.1, 0.15) is 11.5 Å². The molecule has 0 aliphatic carbocycles. The standard InChI is InChI=1S/2C9H13.2C6H5IO.Zr/c2*1-6-5-7(2)9(4)8(6)3;2*7-5-3-1-2-4-6(5)8;/h2*5H,1-4H3;2*1-4,8H;/q2*-1;;;+2. The van der Waals surface area contributed by atoms with Crippen molar-refractivity contribution in [2.45, 2.75) is 55.4 Å². The van der Waals surface area contributed by atoms with Crippen LogP contribution in [0, 0.1) is 62.5 Å². The maximum atomic E-state index is 8.91. The van der Waals surface area contributed by atoms with Crippen LogP contribution in [0.5, 0.6) is 11.5 Å². The third-order valence-electron chi connectivity index (χ3n) is 6.06. The SMILES string of the molecule is Cc1c[c-](C)c(C)c1C.Cc1c[c-](C)c(C)c1C.Oc1ccccc1I.Oc1ccccc1I.[Zr+2]. The van der Waals surface area contributed by atoms with Gasteiger partial charge >= 0.3 is 26.2 Å². The summed E-state index contributed by atoms with van der Waals surface area (Å²) >= 11 is 4.15. The van der Waals surface area contributed by atoms with Gasteiger partial charge in [-0.15, -0.1) is 0 Å². The fraction of sp³-hybridized carbons (Fsp3) is 0.267. The Labute approximate surface area is 258 Å². The first-order chi connectivity index (χ1) is 15.9. The molecular weight excluding hydrogens is 737 g/mol. The van der Waals surface area contributed by atoms with Crippen molar-refractivity contribution >= 4 is 45.2 Å². The van der Waals surface area contributed by atoms with Crippen molar-refractivity contribution in [3.8, 4) is 11.5 Å². The number of halogens is 2. The number of rotatable bonds is 0. The molecule has 0 saturated heterocycles. The molecule has 0 unspecified atom stereocenters. The minimum atomic E-state index is 0. The number of aryl methyl sites for hydroxylation is 4. The molecule has 2 nitrogen and oxygen atoms in total. The smallest absolute Gasteiger partial charge is 0.507 e. The van der Waals surface area contributed by atoms with E-state index in [1.165, 1.54) is 44.5 Å². The summed E-state index contributed by atoms with van der Waals surface area (Å²) in [5.41, 5.74) is 11.5. The number of aromatic hydroxyl groups is 2. The Morgan fingerprint density at radius 1 is 0.571 bits per heavy atom. The van der Waals surface area contributed by atoms with Gasteiger partial charge in [-0.25, -0.2) is 0 Å². The van der Waals surface area contributed by atoms with E-state index in [-0.39, 0.29) is 26.2 Å². The van der Waals surface area contributed by atoms with Crippen molar-refractivity contribution in [1.82, 2.24) is 0 Å². The van der Waals surface area contributed by atoms with Gasteiger partial charge in [-0.3, -0.25) is 0 Å². The van der Waals surface area contributed by atoms with Gasteiger partial charge in [0, 0.05) is 0 Å². The molecule has 0 atom stereocenters. The van der Waals surface area contributed by atoms with Crippen molar-refractivity contribution in [3.05, 3.63) is 112 Å². The number of phenolic OH excluding ortho intramolecular Hbond substituents is 2. The van der Waals surface area contributed by atoms with E-state index in [4.69, 9.17) is 10.2 Å². The average Bonchev–Trinajstić information content (AvgIpc) is 3.16. The summed E-state index contributed by atoms with van der Waals surface area (Å²) in [6.45, 7) is 17.4. The van der Waals surface area contributed by atoms with Gasteiger partial charge in [-0.2, -0.15) is 56.6 Å². The van der Waals surface area contributed by atoms with Crippen molar-refractivity contribution < 1.29 is 36.4 Å². The summed E-state index contributed by atoms with van der Waals surface area (Å²) in [4.78, 5) is 0. The molecule has 0 aliphatic heterocycles. The second-order valence-corrected chi connectivity index (χ2v) is 10.7. The number of para-hydroxylation sites is 2. The minimum absolute atomic E-state index is 0. The molecule has 5 heteroatoms. The molecule has 0 heterocycles. The predicted octanol–water partition coefficient (Wildman–Crippen LogP) is 9.27. The van der Waals surface area contributed by atoms with Crippen LogP contribution in [0.25, 0.3) is 0 Å². The predicted molar refractivity (Wildman–Crippen MR) is 164 cm³/mol. The fourth-order valence-corrected chi connectivity index (χ4v) is 3.94. The molecular formula is C30H36I2O2Zr. The first kappa shape index (κ1) is 34.1. The van der Waals surface area contributed by atoms with E-state index in [0.29, 0.717) is 11.5 Å². The van der Waals surface area contributed by atoms with Gasteiger partial charge in [0.2, 0.25) is 0 Å². The quantitative estimate of drug-likeness (QED) is 0.138. The largest absolute Gasteiger partial charge is 2.00 e. The van der Waals surface area contributed by atoms with Crippen LogP contribution in [-0.2, 0) is 26.2 Å². The molecule has 35 heavy (non-hydrogen) atoms. The van der Waals surface area contributed by atoms with E-state index in [1.54, 1.807) is 24.3 Å². The summed E-state index contributed by atoms with van der Waals surface area (Å²) in [5, 5.41) is 17.8.